The van der Waals surface area contributed by atoms with Gasteiger partial charge in [0, 0.05) is 18.3 Å². The largest absolute Gasteiger partial charge is 0.496 e. The third-order valence-electron chi connectivity index (χ3n) is 3.31. The van der Waals surface area contributed by atoms with Gasteiger partial charge in [0.1, 0.15) is 5.75 Å². The van der Waals surface area contributed by atoms with Gasteiger partial charge in [0.2, 0.25) is 0 Å². The molecule has 20 heavy (non-hydrogen) atoms. The molecule has 0 N–H and O–H groups in total. The van der Waals surface area contributed by atoms with Crippen LogP contribution in [-0.2, 0) is 7.05 Å². The summed E-state index contributed by atoms with van der Waals surface area (Å²) in [6.07, 6.45) is 3.34. The molecule has 4 heteroatoms. The van der Waals surface area contributed by atoms with Crippen molar-refractivity contribution in [2.45, 2.75) is 13.8 Å². The predicted molar refractivity (Wildman–Crippen MR) is 79.0 cm³/mol. The first-order chi connectivity index (χ1) is 9.54. The van der Waals surface area contributed by atoms with Crippen LogP contribution in [0.1, 0.15) is 27.3 Å². The summed E-state index contributed by atoms with van der Waals surface area (Å²) in [5.41, 5.74) is 3.16. The molecule has 1 aromatic heterocycles. The third-order valence-corrected chi connectivity index (χ3v) is 3.31. The van der Waals surface area contributed by atoms with Crippen LogP contribution in [0.2, 0.25) is 0 Å². The van der Waals surface area contributed by atoms with Gasteiger partial charge in [-0.3, -0.25) is 9.48 Å². The highest BCUT2D eigenvalue weighted by atomic mass is 16.5. The Labute approximate surface area is 118 Å². The average molecular weight is 270 g/mol. The van der Waals surface area contributed by atoms with Gasteiger partial charge in [-0.1, -0.05) is 18.2 Å². The fraction of sp³-hybridized carbons (Fsp3) is 0.250. The molecule has 0 aliphatic carbocycles. The number of para-hydroxylation sites is 1. The lowest BCUT2D eigenvalue weighted by molar-refractivity contribution is 0.104. The summed E-state index contributed by atoms with van der Waals surface area (Å²) >= 11 is 0. The van der Waals surface area contributed by atoms with Crippen molar-refractivity contribution in [3.63, 3.8) is 0 Å². The zero-order valence-electron chi connectivity index (χ0n) is 12.2. The van der Waals surface area contributed by atoms with Gasteiger partial charge in [-0.15, -0.1) is 0 Å². The number of hydrogen-bond acceptors (Lipinski definition) is 3. The van der Waals surface area contributed by atoms with Gasteiger partial charge in [-0.25, -0.2) is 0 Å². The number of allylic oxidation sites excluding steroid dienone is 1. The van der Waals surface area contributed by atoms with Crippen molar-refractivity contribution in [1.82, 2.24) is 9.78 Å². The number of ether oxygens (including phenoxy) is 1. The molecule has 0 unspecified atom stereocenters. The van der Waals surface area contributed by atoms with Gasteiger partial charge in [0.25, 0.3) is 0 Å². The van der Waals surface area contributed by atoms with Crippen LogP contribution in [-0.4, -0.2) is 22.7 Å². The average Bonchev–Trinajstić information content (AvgIpc) is 2.70. The Morgan fingerprint density at radius 3 is 2.60 bits per heavy atom. The Bertz CT molecular complexity index is 669. The van der Waals surface area contributed by atoms with Gasteiger partial charge < -0.3 is 4.74 Å². The van der Waals surface area contributed by atoms with Crippen molar-refractivity contribution < 1.29 is 9.53 Å². The third kappa shape index (κ3) is 2.64. The van der Waals surface area contributed by atoms with E-state index in [1.54, 1.807) is 23.9 Å². The molecule has 0 radical (unpaired) electrons. The Morgan fingerprint density at radius 2 is 2.00 bits per heavy atom. The maximum Gasteiger partial charge on any atom is 0.189 e. The van der Waals surface area contributed by atoms with E-state index >= 15 is 0 Å². The first-order valence-corrected chi connectivity index (χ1v) is 6.40. The SMILES string of the molecule is COc1ccccc1/C=C\C(=O)c1c(C)nn(C)c1C. The predicted octanol–water partition coefficient (Wildman–Crippen LogP) is 2.94. The van der Waals surface area contributed by atoms with E-state index in [9.17, 15) is 4.79 Å². The van der Waals surface area contributed by atoms with Crippen LogP contribution in [0.3, 0.4) is 0 Å². The highest BCUT2D eigenvalue weighted by Gasteiger charge is 2.14. The number of carbonyl (C=O) groups excluding carboxylic acids is 1. The van der Waals surface area contributed by atoms with E-state index < -0.39 is 0 Å². The summed E-state index contributed by atoms with van der Waals surface area (Å²) in [7, 11) is 3.45. The second-order valence-corrected chi connectivity index (χ2v) is 4.61. The van der Waals surface area contributed by atoms with E-state index in [1.165, 1.54) is 0 Å². The van der Waals surface area contributed by atoms with Gasteiger partial charge in [0.05, 0.1) is 18.4 Å². The number of methoxy groups -OCH3 is 1. The lowest BCUT2D eigenvalue weighted by Gasteiger charge is -2.03. The second kappa shape index (κ2) is 5.74. The van der Waals surface area contributed by atoms with E-state index in [-0.39, 0.29) is 5.78 Å². The number of benzene rings is 1. The molecule has 0 bridgehead atoms. The van der Waals surface area contributed by atoms with Crippen molar-refractivity contribution in [3.05, 3.63) is 52.9 Å². The van der Waals surface area contributed by atoms with Crippen molar-refractivity contribution in [2.24, 2.45) is 7.05 Å². The minimum Gasteiger partial charge on any atom is -0.496 e. The highest BCUT2D eigenvalue weighted by molar-refractivity contribution is 6.08. The highest BCUT2D eigenvalue weighted by Crippen LogP contribution is 2.20. The fourth-order valence-corrected chi connectivity index (χ4v) is 2.18. The molecule has 0 fully saturated rings. The lowest BCUT2D eigenvalue weighted by atomic mass is 10.1. The zero-order chi connectivity index (χ0) is 14.7. The summed E-state index contributed by atoms with van der Waals surface area (Å²) in [5.74, 6) is 0.704. The molecular formula is C16H18N2O2. The monoisotopic (exact) mass is 270 g/mol. The molecule has 0 aliphatic heterocycles. The quantitative estimate of drug-likeness (QED) is 0.633. The first-order valence-electron chi connectivity index (χ1n) is 6.40. The van der Waals surface area contributed by atoms with E-state index in [0.29, 0.717) is 5.56 Å². The lowest BCUT2D eigenvalue weighted by Crippen LogP contribution is -1.99. The van der Waals surface area contributed by atoms with Crippen LogP contribution in [0, 0.1) is 13.8 Å². The number of carbonyl (C=O) groups is 1. The summed E-state index contributed by atoms with van der Waals surface area (Å²) in [6, 6.07) is 7.58. The number of aromatic nitrogens is 2. The van der Waals surface area contributed by atoms with Crippen LogP contribution in [0.15, 0.2) is 30.3 Å². The topological polar surface area (TPSA) is 44.1 Å². The number of rotatable bonds is 4. The number of aryl methyl sites for hydroxylation is 2. The van der Waals surface area contributed by atoms with Gasteiger partial charge >= 0.3 is 0 Å². The summed E-state index contributed by atoms with van der Waals surface area (Å²) < 4.78 is 6.98. The van der Waals surface area contributed by atoms with Crippen molar-refractivity contribution in [1.29, 1.82) is 0 Å². The Morgan fingerprint density at radius 1 is 1.30 bits per heavy atom. The molecule has 0 saturated carbocycles. The van der Waals surface area contributed by atoms with Crippen molar-refractivity contribution in [2.75, 3.05) is 7.11 Å². The Balaban J connectivity index is 2.29. The Hall–Kier alpha value is -2.36. The van der Waals surface area contributed by atoms with E-state index in [1.807, 2.05) is 45.2 Å². The molecule has 0 aliphatic rings. The van der Waals surface area contributed by atoms with Crippen LogP contribution >= 0.6 is 0 Å². The molecule has 0 atom stereocenters. The molecule has 1 heterocycles. The van der Waals surface area contributed by atoms with E-state index in [0.717, 1.165) is 22.7 Å². The van der Waals surface area contributed by atoms with Crippen LogP contribution in [0.25, 0.3) is 6.08 Å². The normalized spacial score (nSPS) is 11.0. The smallest absolute Gasteiger partial charge is 0.189 e. The summed E-state index contributed by atoms with van der Waals surface area (Å²) in [6.45, 7) is 3.74. The maximum absolute atomic E-state index is 12.3. The molecule has 1 aromatic carbocycles. The number of nitrogens with zero attached hydrogens (tertiary/aromatic N) is 2. The van der Waals surface area contributed by atoms with Gasteiger partial charge in [-0.05, 0) is 32.1 Å². The molecule has 4 nitrogen and oxygen atoms in total. The van der Waals surface area contributed by atoms with Crippen molar-refractivity contribution >= 4 is 11.9 Å². The molecular weight excluding hydrogens is 252 g/mol. The first kappa shape index (κ1) is 14.1. The summed E-state index contributed by atoms with van der Waals surface area (Å²) in [5, 5.41) is 4.26. The molecule has 2 rings (SSSR count). The van der Waals surface area contributed by atoms with Crippen LogP contribution in [0.5, 0.6) is 5.75 Å². The van der Waals surface area contributed by atoms with Gasteiger partial charge in [-0.2, -0.15) is 5.10 Å². The Kier molecular flexibility index (Phi) is 4.03. The molecule has 2 aromatic rings. The minimum atomic E-state index is -0.0426. The standard InChI is InChI=1S/C16H18N2O2/c1-11-16(12(2)18(3)17-11)14(19)10-9-13-7-5-6-8-15(13)20-4/h5-10H,1-4H3/b10-9-. The molecule has 104 valence electrons. The molecule has 0 saturated heterocycles. The van der Waals surface area contributed by atoms with Crippen LogP contribution in [0.4, 0.5) is 0 Å². The van der Waals surface area contributed by atoms with Crippen LogP contribution < -0.4 is 4.74 Å². The second-order valence-electron chi connectivity index (χ2n) is 4.61. The number of hydrogen-bond donors (Lipinski definition) is 0. The zero-order valence-corrected chi connectivity index (χ0v) is 12.2. The summed E-state index contributed by atoms with van der Waals surface area (Å²) in [4.78, 5) is 12.3. The van der Waals surface area contributed by atoms with E-state index in [4.69, 9.17) is 4.74 Å². The number of ketones is 1. The van der Waals surface area contributed by atoms with Gasteiger partial charge in [0.15, 0.2) is 5.78 Å². The molecule has 0 spiro atoms. The van der Waals surface area contributed by atoms with E-state index in [2.05, 4.69) is 5.10 Å². The van der Waals surface area contributed by atoms with Crippen molar-refractivity contribution in [3.8, 4) is 5.75 Å². The minimum absolute atomic E-state index is 0.0426. The fourth-order valence-electron chi connectivity index (χ4n) is 2.18. The molecule has 0 amide bonds. The maximum atomic E-state index is 12.3.